The summed E-state index contributed by atoms with van der Waals surface area (Å²) in [5.41, 5.74) is 3.46. The minimum atomic E-state index is -0.682. The molecular weight excluding hydrogens is 404 g/mol. The van der Waals surface area contributed by atoms with Crippen molar-refractivity contribution in [1.82, 2.24) is 10.2 Å². The predicted octanol–water partition coefficient (Wildman–Crippen LogP) is 3.56. The molecule has 3 aromatic carbocycles. The van der Waals surface area contributed by atoms with Gasteiger partial charge in [-0.15, -0.1) is 0 Å². The van der Waals surface area contributed by atoms with Crippen molar-refractivity contribution in [2.75, 3.05) is 13.2 Å². The van der Waals surface area contributed by atoms with Crippen molar-refractivity contribution in [3.05, 3.63) is 114 Å². The van der Waals surface area contributed by atoms with E-state index in [1.807, 2.05) is 60.7 Å². The van der Waals surface area contributed by atoms with Gasteiger partial charge in [-0.3, -0.25) is 19.3 Å². The fourth-order valence-electron chi connectivity index (χ4n) is 3.68. The maximum absolute atomic E-state index is 12.6. The van der Waals surface area contributed by atoms with Crippen LogP contribution in [-0.4, -0.2) is 35.8 Å². The number of amides is 2. The fraction of sp³-hybridized carbons (Fsp3) is 0.115. The van der Waals surface area contributed by atoms with Crippen LogP contribution in [0.5, 0.6) is 0 Å². The van der Waals surface area contributed by atoms with E-state index in [0.29, 0.717) is 16.8 Å². The second-order valence-electron chi connectivity index (χ2n) is 7.37. The molecule has 0 unspecified atom stereocenters. The van der Waals surface area contributed by atoms with Crippen LogP contribution in [0.1, 0.15) is 33.1 Å². The molecule has 0 saturated carbocycles. The van der Waals surface area contributed by atoms with Gasteiger partial charge in [0.2, 0.25) is 0 Å². The van der Waals surface area contributed by atoms with Crippen LogP contribution in [-0.2, 0) is 14.3 Å². The number of hydrogen-bond acceptors (Lipinski definition) is 4. The number of carbonyl (C=O) groups is 3. The van der Waals surface area contributed by atoms with Crippen molar-refractivity contribution in [3.8, 4) is 0 Å². The second kappa shape index (κ2) is 9.31. The lowest BCUT2D eigenvalue weighted by molar-refractivity contribution is -0.148. The molecule has 160 valence electrons. The minimum Gasteiger partial charge on any atom is -0.454 e. The van der Waals surface area contributed by atoms with Crippen LogP contribution >= 0.6 is 0 Å². The standard InChI is InChI=1S/C26H22N2O4/c1-18-21-14-8-9-15-22(21)26(31)28(18)16-24(30)32-17-23(29)27-25(19-10-4-2-5-11-19)20-12-6-3-7-13-20/h2-15,25H,1,16-17H2,(H,27,29). The van der Waals surface area contributed by atoms with Crippen LogP contribution < -0.4 is 5.32 Å². The largest absolute Gasteiger partial charge is 0.454 e. The maximum atomic E-state index is 12.6. The topological polar surface area (TPSA) is 75.7 Å². The van der Waals surface area contributed by atoms with Gasteiger partial charge in [0, 0.05) is 16.8 Å². The summed E-state index contributed by atoms with van der Waals surface area (Å²) >= 11 is 0. The Balaban J connectivity index is 1.36. The van der Waals surface area contributed by atoms with E-state index in [-0.39, 0.29) is 18.5 Å². The third-order valence-electron chi connectivity index (χ3n) is 5.26. The highest BCUT2D eigenvalue weighted by molar-refractivity contribution is 6.10. The molecule has 0 bridgehead atoms. The fourth-order valence-corrected chi connectivity index (χ4v) is 3.68. The van der Waals surface area contributed by atoms with Crippen molar-refractivity contribution < 1.29 is 19.1 Å². The van der Waals surface area contributed by atoms with Crippen LogP contribution in [0.25, 0.3) is 5.70 Å². The maximum Gasteiger partial charge on any atom is 0.326 e. The summed E-state index contributed by atoms with van der Waals surface area (Å²) in [6, 6.07) is 25.7. The summed E-state index contributed by atoms with van der Waals surface area (Å²) in [4.78, 5) is 38.7. The monoisotopic (exact) mass is 426 g/mol. The van der Waals surface area contributed by atoms with Gasteiger partial charge >= 0.3 is 5.97 Å². The average molecular weight is 426 g/mol. The molecule has 1 aliphatic heterocycles. The summed E-state index contributed by atoms with van der Waals surface area (Å²) in [5, 5.41) is 2.92. The highest BCUT2D eigenvalue weighted by atomic mass is 16.5. The van der Waals surface area contributed by atoms with E-state index in [1.165, 1.54) is 4.90 Å². The van der Waals surface area contributed by atoms with E-state index in [1.54, 1.807) is 24.3 Å². The molecular formula is C26H22N2O4. The minimum absolute atomic E-state index is 0.305. The molecule has 0 aliphatic carbocycles. The zero-order chi connectivity index (χ0) is 22.5. The summed E-state index contributed by atoms with van der Waals surface area (Å²) in [5.74, 6) is -1.43. The van der Waals surface area contributed by atoms with Gasteiger partial charge < -0.3 is 10.1 Å². The third-order valence-corrected chi connectivity index (χ3v) is 5.26. The first-order valence-electron chi connectivity index (χ1n) is 10.2. The van der Waals surface area contributed by atoms with Crippen LogP contribution in [0, 0.1) is 0 Å². The lowest BCUT2D eigenvalue weighted by Crippen LogP contribution is -2.35. The normalized spacial score (nSPS) is 12.6. The Morgan fingerprint density at radius 2 is 1.38 bits per heavy atom. The Bertz CT molecular complexity index is 1080. The first kappa shape index (κ1) is 21.1. The molecule has 32 heavy (non-hydrogen) atoms. The molecule has 2 amide bonds. The molecule has 0 fully saturated rings. The Labute approximate surface area is 186 Å². The number of nitrogens with one attached hydrogen (secondary N) is 1. The zero-order valence-electron chi connectivity index (χ0n) is 17.4. The molecule has 6 heteroatoms. The molecule has 0 aromatic heterocycles. The van der Waals surface area contributed by atoms with E-state index >= 15 is 0 Å². The van der Waals surface area contributed by atoms with Crippen LogP contribution in [0.4, 0.5) is 0 Å². The molecule has 0 spiro atoms. The van der Waals surface area contributed by atoms with Crippen molar-refractivity contribution in [2.24, 2.45) is 0 Å². The summed E-state index contributed by atoms with van der Waals surface area (Å²) < 4.78 is 5.15. The van der Waals surface area contributed by atoms with Gasteiger partial charge in [-0.25, -0.2) is 0 Å². The number of esters is 1. The number of rotatable bonds is 7. The third kappa shape index (κ3) is 4.44. The van der Waals surface area contributed by atoms with Gasteiger partial charge in [-0.1, -0.05) is 85.4 Å². The quantitative estimate of drug-likeness (QED) is 0.586. The summed E-state index contributed by atoms with van der Waals surface area (Å²) in [6.45, 7) is 3.15. The Hall–Kier alpha value is -4.19. The SMILES string of the molecule is C=C1c2ccccc2C(=O)N1CC(=O)OCC(=O)NC(c1ccccc1)c1ccccc1. The Kier molecular flexibility index (Phi) is 6.12. The van der Waals surface area contributed by atoms with E-state index in [0.717, 1.165) is 11.1 Å². The van der Waals surface area contributed by atoms with E-state index in [9.17, 15) is 14.4 Å². The first-order chi connectivity index (χ1) is 15.5. The van der Waals surface area contributed by atoms with Gasteiger partial charge in [-0.05, 0) is 17.2 Å². The van der Waals surface area contributed by atoms with Gasteiger partial charge in [0.05, 0.1) is 6.04 Å². The highest BCUT2D eigenvalue weighted by Crippen LogP contribution is 2.30. The smallest absolute Gasteiger partial charge is 0.326 e. The molecule has 0 saturated heterocycles. The highest BCUT2D eigenvalue weighted by Gasteiger charge is 2.32. The number of ether oxygens (including phenoxy) is 1. The van der Waals surface area contributed by atoms with Crippen molar-refractivity contribution in [1.29, 1.82) is 0 Å². The van der Waals surface area contributed by atoms with Gasteiger partial charge in [0.1, 0.15) is 6.54 Å². The molecule has 0 atom stereocenters. The number of carbonyl (C=O) groups excluding carboxylic acids is 3. The van der Waals surface area contributed by atoms with Crippen molar-refractivity contribution in [3.63, 3.8) is 0 Å². The molecule has 3 aromatic rings. The number of hydrogen-bond donors (Lipinski definition) is 1. The molecule has 4 rings (SSSR count). The summed E-state index contributed by atoms with van der Waals surface area (Å²) in [7, 11) is 0. The van der Waals surface area contributed by atoms with Crippen molar-refractivity contribution >= 4 is 23.5 Å². The average Bonchev–Trinajstić information content (AvgIpc) is 3.07. The van der Waals surface area contributed by atoms with Crippen LogP contribution in [0.2, 0.25) is 0 Å². The lowest BCUT2D eigenvalue weighted by atomic mass is 9.99. The van der Waals surface area contributed by atoms with E-state index in [2.05, 4.69) is 11.9 Å². The Morgan fingerprint density at radius 3 is 1.94 bits per heavy atom. The zero-order valence-corrected chi connectivity index (χ0v) is 17.4. The number of benzene rings is 3. The summed E-state index contributed by atoms with van der Waals surface area (Å²) in [6.07, 6.45) is 0. The lowest BCUT2D eigenvalue weighted by Gasteiger charge is -2.20. The molecule has 1 N–H and O–H groups in total. The van der Waals surface area contributed by atoms with Gasteiger partial charge in [-0.2, -0.15) is 0 Å². The predicted molar refractivity (Wildman–Crippen MR) is 120 cm³/mol. The number of fused-ring (bicyclic) bond motifs is 1. The molecule has 6 nitrogen and oxygen atoms in total. The first-order valence-corrected chi connectivity index (χ1v) is 10.2. The Morgan fingerprint density at radius 1 is 0.844 bits per heavy atom. The van der Waals surface area contributed by atoms with Gasteiger partial charge in [0.15, 0.2) is 6.61 Å². The van der Waals surface area contributed by atoms with E-state index in [4.69, 9.17) is 4.74 Å². The van der Waals surface area contributed by atoms with E-state index < -0.39 is 18.5 Å². The molecule has 1 heterocycles. The van der Waals surface area contributed by atoms with Crippen molar-refractivity contribution in [2.45, 2.75) is 6.04 Å². The van der Waals surface area contributed by atoms with Crippen LogP contribution in [0.3, 0.4) is 0 Å². The molecule has 1 aliphatic rings. The number of nitrogens with zero attached hydrogens (tertiary/aromatic N) is 1. The van der Waals surface area contributed by atoms with Gasteiger partial charge in [0.25, 0.3) is 11.8 Å². The molecule has 0 radical (unpaired) electrons. The van der Waals surface area contributed by atoms with Crippen LogP contribution in [0.15, 0.2) is 91.5 Å². The second-order valence-corrected chi connectivity index (χ2v) is 7.37.